The van der Waals surface area contributed by atoms with Crippen LogP contribution in [0.2, 0.25) is 0 Å². The van der Waals surface area contributed by atoms with E-state index in [0.717, 1.165) is 29.8 Å². The first-order valence-electron chi connectivity index (χ1n) is 8.06. The normalized spacial score (nSPS) is 10.9. The topological polar surface area (TPSA) is 3.24 Å². The fraction of sp³-hybridized carbons (Fsp3) is 0.143. The van der Waals surface area contributed by atoms with Gasteiger partial charge in [0, 0.05) is 17.8 Å². The molecule has 5 heteroatoms. The van der Waals surface area contributed by atoms with E-state index in [9.17, 15) is 17.6 Å². The van der Waals surface area contributed by atoms with Crippen molar-refractivity contribution in [1.82, 2.24) is 0 Å². The molecule has 0 N–H and O–H groups in total. The zero-order valence-corrected chi connectivity index (χ0v) is 14.6. The number of anilines is 3. The fourth-order valence-electron chi connectivity index (χ4n) is 2.72. The van der Waals surface area contributed by atoms with Crippen LogP contribution in [-0.4, -0.2) is 0 Å². The van der Waals surface area contributed by atoms with Crippen LogP contribution in [0.5, 0.6) is 0 Å². The maximum atomic E-state index is 14.6. The van der Waals surface area contributed by atoms with Crippen molar-refractivity contribution >= 4 is 17.1 Å². The molecule has 0 saturated carbocycles. The molecule has 0 radical (unpaired) electrons. The fourth-order valence-corrected chi connectivity index (χ4v) is 2.72. The molecule has 0 aliphatic rings. The molecule has 0 heterocycles. The molecular weight excluding hydrogens is 342 g/mol. The predicted molar refractivity (Wildman–Crippen MR) is 95.2 cm³/mol. The number of benzene rings is 3. The van der Waals surface area contributed by atoms with Crippen molar-refractivity contribution in [2.75, 3.05) is 4.90 Å². The van der Waals surface area contributed by atoms with Gasteiger partial charge in [-0.3, -0.25) is 0 Å². The molecule has 3 rings (SSSR count). The number of hydrogen-bond donors (Lipinski definition) is 0. The Bertz CT molecular complexity index is 907. The Hall–Kier alpha value is -2.82. The highest BCUT2D eigenvalue weighted by Crippen LogP contribution is 2.39. The van der Waals surface area contributed by atoms with E-state index in [1.807, 2.05) is 6.92 Å². The first-order valence-corrected chi connectivity index (χ1v) is 8.06. The largest absolute Gasteiger partial charge is 0.305 e. The van der Waals surface area contributed by atoms with Crippen LogP contribution in [-0.2, 0) is 0 Å². The second-order valence-electron chi connectivity index (χ2n) is 6.28. The molecule has 0 aliphatic carbocycles. The van der Waals surface area contributed by atoms with Gasteiger partial charge in [-0.25, -0.2) is 17.6 Å². The SMILES string of the molecule is Cc1ccc(N(c2cc(F)c(C)cc2F)c2cc(F)c(C)cc2F)cc1. The highest BCUT2D eigenvalue weighted by molar-refractivity contribution is 5.77. The van der Waals surface area contributed by atoms with E-state index < -0.39 is 23.3 Å². The zero-order valence-electron chi connectivity index (χ0n) is 14.6. The quantitative estimate of drug-likeness (QED) is 0.474. The molecule has 0 aliphatic heterocycles. The highest BCUT2D eigenvalue weighted by atomic mass is 19.1. The van der Waals surface area contributed by atoms with Crippen LogP contribution in [0.4, 0.5) is 34.6 Å². The lowest BCUT2D eigenvalue weighted by atomic mass is 10.1. The van der Waals surface area contributed by atoms with Crippen LogP contribution in [0.25, 0.3) is 0 Å². The predicted octanol–water partition coefficient (Wildman–Crippen LogP) is 6.64. The summed E-state index contributed by atoms with van der Waals surface area (Å²) in [5.74, 6) is -2.73. The van der Waals surface area contributed by atoms with Crippen molar-refractivity contribution in [2.24, 2.45) is 0 Å². The van der Waals surface area contributed by atoms with Gasteiger partial charge in [-0.15, -0.1) is 0 Å². The zero-order chi connectivity index (χ0) is 19.0. The van der Waals surface area contributed by atoms with E-state index in [4.69, 9.17) is 0 Å². The van der Waals surface area contributed by atoms with Gasteiger partial charge < -0.3 is 4.90 Å². The second kappa shape index (κ2) is 6.83. The van der Waals surface area contributed by atoms with Gasteiger partial charge in [-0.2, -0.15) is 0 Å². The lowest BCUT2D eigenvalue weighted by Gasteiger charge is -2.27. The Morgan fingerprint density at radius 1 is 0.577 bits per heavy atom. The number of rotatable bonds is 3. The number of halogens is 4. The van der Waals surface area contributed by atoms with Gasteiger partial charge in [0.15, 0.2) is 0 Å². The van der Waals surface area contributed by atoms with Gasteiger partial charge in [0.25, 0.3) is 0 Å². The lowest BCUT2D eigenvalue weighted by molar-refractivity contribution is 0.586. The first-order chi connectivity index (χ1) is 12.3. The van der Waals surface area contributed by atoms with E-state index in [2.05, 4.69) is 0 Å². The van der Waals surface area contributed by atoms with Crippen molar-refractivity contribution in [3.8, 4) is 0 Å². The van der Waals surface area contributed by atoms with Crippen LogP contribution < -0.4 is 4.90 Å². The maximum Gasteiger partial charge on any atom is 0.147 e. The Morgan fingerprint density at radius 2 is 1.00 bits per heavy atom. The third-order valence-electron chi connectivity index (χ3n) is 4.23. The molecule has 26 heavy (non-hydrogen) atoms. The third kappa shape index (κ3) is 3.29. The Kier molecular flexibility index (Phi) is 4.72. The third-order valence-corrected chi connectivity index (χ3v) is 4.23. The van der Waals surface area contributed by atoms with E-state index in [-0.39, 0.29) is 22.5 Å². The van der Waals surface area contributed by atoms with Gasteiger partial charge in [0.2, 0.25) is 0 Å². The summed E-state index contributed by atoms with van der Waals surface area (Å²) < 4.78 is 57.4. The molecule has 3 aromatic carbocycles. The number of hydrogen-bond acceptors (Lipinski definition) is 1. The van der Waals surface area contributed by atoms with Gasteiger partial charge in [0.05, 0.1) is 11.4 Å². The van der Waals surface area contributed by atoms with Crippen molar-refractivity contribution in [3.05, 3.63) is 88.5 Å². The van der Waals surface area contributed by atoms with Crippen LogP contribution in [0.15, 0.2) is 48.5 Å². The molecule has 0 aromatic heterocycles. The van der Waals surface area contributed by atoms with Gasteiger partial charge >= 0.3 is 0 Å². The summed E-state index contributed by atoms with van der Waals surface area (Å²) in [6.07, 6.45) is 0. The van der Waals surface area contributed by atoms with Crippen molar-refractivity contribution < 1.29 is 17.6 Å². The van der Waals surface area contributed by atoms with Crippen LogP contribution in [0.1, 0.15) is 16.7 Å². The first kappa shape index (κ1) is 18.0. The highest BCUT2D eigenvalue weighted by Gasteiger charge is 2.22. The summed E-state index contributed by atoms with van der Waals surface area (Å²) >= 11 is 0. The molecule has 0 bridgehead atoms. The minimum Gasteiger partial charge on any atom is -0.305 e. The average Bonchev–Trinajstić information content (AvgIpc) is 2.58. The maximum absolute atomic E-state index is 14.6. The Morgan fingerprint density at radius 3 is 1.42 bits per heavy atom. The summed E-state index contributed by atoms with van der Waals surface area (Å²) in [5, 5.41) is 0. The van der Waals surface area contributed by atoms with E-state index in [1.165, 1.54) is 18.7 Å². The molecule has 134 valence electrons. The smallest absolute Gasteiger partial charge is 0.147 e. The minimum atomic E-state index is -0.732. The number of aryl methyl sites for hydroxylation is 3. The summed E-state index contributed by atoms with van der Waals surface area (Å²) in [7, 11) is 0. The molecule has 1 nitrogen and oxygen atoms in total. The summed E-state index contributed by atoms with van der Waals surface area (Å²) in [6, 6.07) is 10.8. The van der Waals surface area contributed by atoms with Gasteiger partial charge in [-0.1, -0.05) is 17.7 Å². The van der Waals surface area contributed by atoms with Crippen molar-refractivity contribution in [1.29, 1.82) is 0 Å². The minimum absolute atomic E-state index is 0.130. The van der Waals surface area contributed by atoms with Crippen LogP contribution >= 0.6 is 0 Å². The summed E-state index contributed by atoms with van der Waals surface area (Å²) in [4.78, 5) is 1.18. The monoisotopic (exact) mass is 359 g/mol. The van der Waals surface area contributed by atoms with E-state index in [1.54, 1.807) is 24.3 Å². The molecule has 0 atom stereocenters. The molecule has 0 unspecified atom stereocenters. The molecule has 0 amide bonds. The van der Waals surface area contributed by atoms with Crippen molar-refractivity contribution in [2.45, 2.75) is 20.8 Å². The van der Waals surface area contributed by atoms with Gasteiger partial charge in [-0.05, 0) is 56.2 Å². The lowest BCUT2D eigenvalue weighted by Crippen LogP contribution is -2.14. The summed E-state index contributed by atoms with van der Waals surface area (Å²) in [5.41, 5.74) is 1.20. The average molecular weight is 359 g/mol. The van der Waals surface area contributed by atoms with E-state index >= 15 is 0 Å². The number of nitrogens with zero attached hydrogens (tertiary/aromatic N) is 1. The van der Waals surface area contributed by atoms with Crippen LogP contribution in [0.3, 0.4) is 0 Å². The van der Waals surface area contributed by atoms with Crippen LogP contribution in [0, 0.1) is 44.0 Å². The molecule has 0 fully saturated rings. The second-order valence-corrected chi connectivity index (χ2v) is 6.28. The Balaban J connectivity index is 2.29. The van der Waals surface area contributed by atoms with Crippen molar-refractivity contribution in [3.63, 3.8) is 0 Å². The summed E-state index contributed by atoms with van der Waals surface area (Å²) in [6.45, 7) is 4.74. The molecular formula is C21H17F4N. The van der Waals surface area contributed by atoms with Gasteiger partial charge in [0.1, 0.15) is 23.3 Å². The standard InChI is InChI=1S/C21H17F4N/c1-12-4-6-15(7-5-12)26(20-10-16(22)13(2)8-18(20)24)21-11-17(23)14(3)9-19(21)25/h4-11H,1-3H3. The molecule has 0 saturated heterocycles. The Labute approximate surface area is 149 Å². The molecule has 0 spiro atoms. The van der Waals surface area contributed by atoms with E-state index in [0.29, 0.717) is 5.69 Å². The molecule has 3 aromatic rings.